The number of hydrogen-bond donors (Lipinski definition) is 2. The molecule has 1 amide bonds. The lowest BCUT2D eigenvalue weighted by atomic mass is 10.0. The average molecular weight is 443 g/mol. The highest BCUT2D eigenvalue weighted by molar-refractivity contribution is 5.97. The number of nitrogens with zero attached hydrogens (tertiary/aromatic N) is 2. The van der Waals surface area contributed by atoms with E-state index in [9.17, 15) is 4.79 Å². The van der Waals surface area contributed by atoms with Gasteiger partial charge in [0.2, 0.25) is 11.9 Å². The van der Waals surface area contributed by atoms with Crippen LogP contribution in [-0.2, 0) is 11.2 Å². The van der Waals surface area contributed by atoms with E-state index in [0.29, 0.717) is 36.0 Å². The molecule has 0 fully saturated rings. The average Bonchev–Trinajstić information content (AvgIpc) is 2.86. The van der Waals surface area contributed by atoms with Gasteiger partial charge in [-0.1, -0.05) is 42.5 Å². The van der Waals surface area contributed by atoms with Crippen molar-refractivity contribution in [3.05, 3.63) is 72.3 Å². The number of aryl methyl sites for hydroxylation is 1. The highest BCUT2D eigenvalue weighted by atomic mass is 16.5. The molecular formula is C26H26N4O3. The molecule has 1 heterocycles. The minimum atomic E-state index is -0.0362. The van der Waals surface area contributed by atoms with Crippen molar-refractivity contribution >= 4 is 28.4 Å². The fourth-order valence-electron chi connectivity index (χ4n) is 3.66. The van der Waals surface area contributed by atoms with Gasteiger partial charge in [-0.05, 0) is 30.2 Å². The van der Waals surface area contributed by atoms with Crippen LogP contribution >= 0.6 is 0 Å². The van der Waals surface area contributed by atoms with Crippen LogP contribution in [0.25, 0.3) is 22.2 Å². The number of benzene rings is 3. The third-order valence-electron chi connectivity index (χ3n) is 5.33. The summed E-state index contributed by atoms with van der Waals surface area (Å²) in [4.78, 5) is 21.8. The molecule has 0 saturated heterocycles. The van der Waals surface area contributed by atoms with Crippen LogP contribution in [0.15, 0.2) is 66.7 Å². The summed E-state index contributed by atoms with van der Waals surface area (Å²) < 4.78 is 10.9. The normalized spacial score (nSPS) is 10.6. The summed E-state index contributed by atoms with van der Waals surface area (Å²) in [5, 5.41) is 6.83. The minimum Gasteiger partial charge on any atom is -0.493 e. The minimum absolute atomic E-state index is 0.0362. The van der Waals surface area contributed by atoms with E-state index in [2.05, 4.69) is 20.6 Å². The van der Waals surface area contributed by atoms with Gasteiger partial charge in [-0.2, -0.15) is 0 Å². The first-order valence-electron chi connectivity index (χ1n) is 10.7. The van der Waals surface area contributed by atoms with Crippen LogP contribution in [-0.4, -0.2) is 37.1 Å². The molecular weight excluding hydrogens is 416 g/mol. The van der Waals surface area contributed by atoms with Crippen molar-refractivity contribution < 1.29 is 14.3 Å². The van der Waals surface area contributed by atoms with Crippen molar-refractivity contribution in [2.24, 2.45) is 0 Å². The molecule has 0 radical (unpaired) electrons. The number of methoxy groups -OCH3 is 2. The van der Waals surface area contributed by atoms with Crippen LogP contribution in [0.2, 0.25) is 0 Å². The molecule has 7 nitrogen and oxygen atoms in total. The summed E-state index contributed by atoms with van der Waals surface area (Å²) in [5.74, 6) is 1.64. The van der Waals surface area contributed by atoms with Gasteiger partial charge in [-0.25, -0.2) is 9.97 Å². The smallest absolute Gasteiger partial charge is 0.224 e. The Balaban J connectivity index is 1.64. The molecule has 33 heavy (non-hydrogen) atoms. The number of carbonyl (C=O) groups is 1. The number of nitrogens with one attached hydrogen (secondary N) is 2. The van der Waals surface area contributed by atoms with E-state index in [0.717, 1.165) is 27.7 Å². The predicted octanol–water partition coefficient (Wildman–Crippen LogP) is 4.93. The van der Waals surface area contributed by atoms with E-state index < -0.39 is 0 Å². The van der Waals surface area contributed by atoms with Gasteiger partial charge < -0.3 is 20.1 Å². The van der Waals surface area contributed by atoms with Gasteiger partial charge >= 0.3 is 0 Å². The monoisotopic (exact) mass is 442 g/mol. The maximum atomic E-state index is 12.5. The number of aromatic nitrogens is 2. The highest BCUT2D eigenvalue weighted by Gasteiger charge is 2.15. The van der Waals surface area contributed by atoms with Crippen molar-refractivity contribution in [1.82, 2.24) is 9.97 Å². The number of carbonyl (C=O) groups excluding carboxylic acids is 1. The van der Waals surface area contributed by atoms with Crippen LogP contribution in [0.5, 0.6) is 11.5 Å². The zero-order chi connectivity index (χ0) is 23.2. The standard InChI is InChI=1S/C26H26N4O3/c1-27-26-29-21-16-23(33-3)22(32-2)15-20(21)25(30-26)18-10-7-11-19(14-18)28-24(31)13-12-17-8-5-4-6-9-17/h4-11,14-16H,12-13H2,1-3H3,(H,28,31)(H,27,29,30). The number of fused-ring (bicyclic) bond motifs is 1. The van der Waals surface area contributed by atoms with E-state index in [-0.39, 0.29) is 5.91 Å². The van der Waals surface area contributed by atoms with Crippen LogP contribution in [0.1, 0.15) is 12.0 Å². The van der Waals surface area contributed by atoms with Crippen molar-refractivity contribution in [2.75, 3.05) is 31.9 Å². The molecule has 0 aliphatic carbocycles. The quantitative estimate of drug-likeness (QED) is 0.403. The Kier molecular flexibility index (Phi) is 6.69. The summed E-state index contributed by atoms with van der Waals surface area (Å²) >= 11 is 0. The second kappa shape index (κ2) is 9.99. The van der Waals surface area contributed by atoms with Crippen LogP contribution in [0, 0.1) is 0 Å². The number of ether oxygens (including phenoxy) is 2. The molecule has 4 rings (SSSR count). The van der Waals surface area contributed by atoms with E-state index in [1.54, 1.807) is 21.3 Å². The molecule has 0 aliphatic rings. The molecule has 3 aromatic carbocycles. The van der Waals surface area contributed by atoms with Gasteiger partial charge in [0.05, 0.1) is 25.4 Å². The third kappa shape index (κ3) is 5.03. The third-order valence-corrected chi connectivity index (χ3v) is 5.33. The molecule has 2 N–H and O–H groups in total. The number of rotatable bonds is 8. The topological polar surface area (TPSA) is 85.4 Å². The molecule has 0 unspecified atom stereocenters. The Morgan fingerprint density at radius 1 is 0.909 bits per heavy atom. The summed E-state index contributed by atoms with van der Waals surface area (Å²) in [6.07, 6.45) is 1.10. The lowest BCUT2D eigenvalue weighted by molar-refractivity contribution is -0.116. The molecule has 0 bridgehead atoms. The molecule has 0 saturated carbocycles. The first-order chi connectivity index (χ1) is 16.1. The van der Waals surface area contributed by atoms with Gasteiger partial charge in [-0.3, -0.25) is 4.79 Å². The Morgan fingerprint density at radius 3 is 2.39 bits per heavy atom. The molecule has 0 aliphatic heterocycles. The SMILES string of the molecule is CNc1nc(-c2cccc(NC(=O)CCc3ccccc3)c2)c2cc(OC)c(OC)cc2n1. The fourth-order valence-corrected chi connectivity index (χ4v) is 3.66. The zero-order valence-corrected chi connectivity index (χ0v) is 18.9. The van der Waals surface area contributed by atoms with Crippen LogP contribution in [0.3, 0.4) is 0 Å². The number of amides is 1. The number of hydrogen-bond acceptors (Lipinski definition) is 6. The lowest BCUT2D eigenvalue weighted by Gasteiger charge is -2.13. The second-order valence-electron chi connectivity index (χ2n) is 7.48. The molecule has 0 atom stereocenters. The van der Waals surface area contributed by atoms with Crippen molar-refractivity contribution in [3.8, 4) is 22.8 Å². The van der Waals surface area contributed by atoms with E-state index >= 15 is 0 Å². The maximum Gasteiger partial charge on any atom is 0.224 e. The van der Waals surface area contributed by atoms with Gasteiger partial charge in [0.1, 0.15) is 0 Å². The Hall–Kier alpha value is -4.13. The van der Waals surface area contributed by atoms with Crippen molar-refractivity contribution in [3.63, 3.8) is 0 Å². The van der Waals surface area contributed by atoms with E-state index in [1.165, 1.54) is 0 Å². The molecule has 0 spiro atoms. The van der Waals surface area contributed by atoms with Crippen molar-refractivity contribution in [2.45, 2.75) is 12.8 Å². The maximum absolute atomic E-state index is 12.5. The highest BCUT2D eigenvalue weighted by Crippen LogP contribution is 2.36. The predicted molar refractivity (Wildman–Crippen MR) is 131 cm³/mol. The molecule has 168 valence electrons. The molecule has 1 aromatic heterocycles. The first kappa shape index (κ1) is 22.1. The summed E-state index contributed by atoms with van der Waals surface area (Å²) in [7, 11) is 4.96. The second-order valence-corrected chi connectivity index (χ2v) is 7.48. The lowest BCUT2D eigenvalue weighted by Crippen LogP contribution is -2.12. The van der Waals surface area contributed by atoms with Crippen LogP contribution in [0.4, 0.5) is 11.6 Å². The molecule has 4 aromatic rings. The van der Waals surface area contributed by atoms with Gasteiger partial charge in [0.25, 0.3) is 0 Å². The fraction of sp³-hybridized carbons (Fsp3) is 0.192. The molecule has 7 heteroatoms. The van der Waals surface area contributed by atoms with E-state index in [1.807, 2.05) is 66.7 Å². The van der Waals surface area contributed by atoms with Gasteiger partial charge in [0.15, 0.2) is 11.5 Å². The summed E-state index contributed by atoms with van der Waals surface area (Å²) in [5.41, 5.74) is 4.15. The Labute approximate surface area is 192 Å². The van der Waals surface area contributed by atoms with Gasteiger partial charge in [-0.15, -0.1) is 0 Å². The van der Waals surface area contributed by atoms with E-state index in [4.69, 9.17) is 9.47 Å². The summed E-state index contributed by atoms with van der Waals surface area (Å²) in [6, 6.07) is 21.3. The first-order valence-corrected chi connectivity index (χ1v) is 10.7. The van der Waals surface area contributed by atoms with Crippen molar-refractivity contribution in [1.29, 1.82) is 0 Å². The Morgan fingerprint density at radius 2 is 1.67 bits per heavy atom. The largest absolute Gasteiger partial charge is 0.493 e. The summed E-state index contributed by atoms with van der Waals surface area (Å²) in [6.45, 7) is 0. The van der Waals surface area contributed by atoms with Gasteiger partial charge in [0, 0.05) is 36.2 Å². The number of anilines is 2. The Bertz CT molecular complexity index is 1280. The van der Waals surface area contributed by atoms with Crippen LogP contribution < -0.4 is 20.1 Å². The zero-order valence-electron chi connectivity index (χ0n) is 18.9.